The molecule has 0 saturated heterocycles. The molecule has 0 N–H and O–H groups in total. The fourth-order valence-electron chi connectivity index (χ4n) is 2.09. The highest BCUT2D eigenvalue weighted by molar-refractivity contribution is 5.80. The molecule has 0 bridgehead atoms. The number of rotatable bonds is 4. The number of hydrogen-bond donors (Lipinski definition) is 0. The van der Waals surface area contributed by atoms with Crippen LogP contribution in [0.3, 0.4) is 0 Å². The van der Waals surface area contributed by atoms with Crippen molar-refractivity contribution in [3.8, 4) is 11.6 Å². The molecule has 0 atom stereocenters. The number of methoxy groups -OCH3 is 1. The third-order valence-electron chi connectivity index (χ3n) is 3.02. The van der Waals surface area contributed by atoms with Crippen molar-refractivity contribution < 1.29 is 9.47 Å². The Bertz CT molecular complexity index is 711. The van der Waals surface area contributed by atoms with E-state index >= 15 is 0 Å². The van der Waals surface area contributed by atoms with Crippen LogP contribution < -0.4 is 4.74 Å². The van der Waals surface area contributed by atoms with Crippen LogP contribution in [-0.2, 0) is 11.3 Å². The number of para-hydroxylation sites is 2. The standard InChI is InChI=1S/C17H15NO2/c1-19-12-14-11-13-7-5-6-10-16(13)18-17(14)20-15-8-3-2-4-9-15/h2-11H,12H2,1H3. The van der Waals surface area contributed by atoms with Gasteiger partial charge in [0.2, 0.25) is 5.88 Å². The first-order valence-corrected chi connectivity index (χ1v) is 6.47. The van der Waals surface area contributed by atoms with E-state index < -0.39 is 0 Å². The van der Waals surface area contributed by atoms with Crippen molar-refractivity contribution in [2.24, 2.45) is 0 Å². The van der Waals surface area contributed by atoms with Crippen molar-refractivity contribution in [1.29, 1.82) is 0 Å². The first-order chi connectivity index (χ1) is 9.86. The molecule has 0 spiro atoms. The van der Waals surface area contributed by atoms with Gasteiger partial charge < -0.3 is 9.47 Å². The highest BCUT2D eigenvalue weighted by Gasteiger charge is 2.09. The van der Waals surface area contributed by atoms with Gasteiger partial charge in [-0.1, -0.05) is 36.4 Å². The topological polar surface area (TPSA) is 31.4 Å². The molecule has 0 saturated carbocycles. The molecule has 0 amide bonds. The molecule has 1 heterocycles. The Hall–Kier alpha value is -2.39. The monoisotopic (exact) mass is 265 g/mol. The predicted octanol–water partition coefficient (Wildman–Crippen LogP) is 4.17. The van der Waals surface area contributed by atoms with E-state index in [0.717, 1.165) is 22.2 Å². The average Bonchev–Trinajstić information content (AvgIpc) is 2.49. The quantitative estimate of drug-likeness (QED) is 0.709. The van der Waals surface area contributed by atoms with E-state index in [1.807, 2.05) is 54.6 Å². The molecule has 3 aromatic rings. The van der Waals surface area contributed by atoms with Gasteiger partial charge in [-0.3, -0.25) is 0 Å². The van der Waals surface area contributed by atoms with Crippen molar-refractivity contribution >= 4 is 10.9 Å². The average molecular weight is 265 g/mol. The summed E-state index contributed by atoms with van der Waals surface area (Å²) in [5.74, 6) is 1.37. The first kappa shape index (κ1) is 12.6. The number of aromatic nitrogens is 1. The Balaban J connectivity index is 2.05. The van der Waals surface area contributed by atoms with Crippen molar-refractivity contribution in [2.75, 3.05) is 7.11 Å². The van der Waals surface area contributed by atoms with Gasteiger partial charge in [-0.15, -0.1) is 0 Å². The minimum absolute atomic E-state index is 0.472. The van der Waals surface area contributed by atoms with Crippen LogP contribution in [0.4, 0.5) is 0 Å². The number of hydrogen-bond acceptors (Lipinski definition) is 3. The van der Waals surface area contributed by atoms with E-state index in [9.17, 15) is 0 Å². The molecule has 1 aromatic heterocycles. The fraction of sp³-hybridized carbons (Fsp3) is 0.118. The summed E-state index contributed by atoms with van der Waals surface area (Å²) >= 11 is 0. The van der Waals surface area contributed by atoms with Crippen LogP contribution in [0.25, 0.3) is 10.9 Å². The Morgan fingerprint density at radius 1 is 0.950 bits per heavy atom. The maximum atomic E-state index is 5.88. The number of ether oxygens (including phenoxy) is 2. The van der Waals surface area contributed by atoms with Gasteiger partial charge in [0.25, 0.3) is 0 Å². The SMILES string of the molecule is COCc1cc2ccccc2nc1Oc1ccccc1. The molecule has 20 heavy (non-hydrogen) atoms. The summed E-state index contributed by atoms with van der Waals surface area (Å²) < 4.78 is 11.1. The Labute approximate surface area is 117 Å². The number of benzene rings is 2. The fourth-order valence-corrected chi connectivity index (χ4v) is 2.09. The molecule has 3 rings (SSSR count). The normalized spacial score (nSPS) is 10.7. The van der Waals surface area contributed by atoms with E-state index in [1.165, 1.54) is 0 Å². The maximum absolute atomic E-state index is 5.88. The van der Waals surface area contributed by atoms with E-state index in [2.05, 4.69) is 11.1 Å². The molecule has 100 valence electrons. The van der Waals surface area contributed by atoms with Crippen molar-refractivity contribution in [2.45, 2.75) is 6.61 Å². The molecule has 0 aliphatic rings. The lowest BCUT2D eigenvalue weighted by atomic mass is 10.1. The van der Waals surface area contributed by atoms with Crippen LogP contribution in [0.1, 0.15) is 5.56 Å². The number of fused-ring (bicyclic) bond motifs is 1. The molecule has 3 heteroatoms. The van der Waals surface area contributed by atoms with Crippen molar-refractivity contribution in [1.82, 2.24) is 4.98 Å². The Morgan fingerprint density at radius 2 is 1.70 bits per heavy atom. The molecule has 0 aliphatic heterocycles. The molecular formula is C17H15NO2. The van der Waals surface area contributed by atoms with Crippen LogP contribution in [0, 0.1) is 0 Å². The van der Waals surface area contributed by atoms with E-state index in [1.54, 1.807) is 7.11 Å². The van der Waals surface area contributed by atoms with E-state index in [-0.39, 0.29) is 0 Å². The van der Waals surface area contributed by atoms with Crippen LogP contribution in [0.15, 0.2) is 60.7 Å². The zero-order chi connectivity index (χ0) is 13.8. The van der Waals surface area contributed by atoms with Gasteiger partial charge in [-0.2, -0.15) is 0 Å². The van der Waals surface area contributed by atoms with Gasteiger partial charge in [0, 0.05) is 18.1 Å². The molecule has 3 nitrogen and oxygen atoms in total. The zero-order valence-corrected chi connectivity index (χ0v) is 11.2. The molecular weight excluding hydrogens is 250 g/mol. The second-order valence-electron chi connectivity index (χ2n) is 4.49. The van der Waals surface area contributed by atoms with E-state index in [0.29, 0.717) is 12.5 Å². The van der Waals surface area contributed by atoms with Crippen LogP contribution in [0.2, 0.25) is 0 Å². The molecule has 2 aromatic carbocycles. The van der Waals surface area contributed by atoms with Gasteiger partial charge in [-0.05, 0) is 24.3 Å². The Morgan fingerprint density at radius 3 is 2.50 bits per heavy atom. The lowest BCUT2D eigenvalue weighted by molar-refractivity contribution is 0.182. The molecule has 0 fully saturated rings. The van der Waals surface area contributed by atoms with Gasteiger partial charge in [0.05, 0.1) is 12.1 Å². The summed E-state index contributed by atoms with van der Waals surface area (Å²) in [5.41, 5.74) is 1.85. The second kappa shape index (κ2) is 5.72. The molecule has 0 radical (unpaired) electrons. The highest BCUT2D eigenvalue weighted by atomic mass is 16.5. The summed E-state index contributed by atoms with van der Waals surface area (Å²) in [6.45, 7) is 0.472. The van der Waals surface area contributed by atoms with E-state index in [4.69, 9.17) is 9.47 Å². The number of pyridine rings is 1. The van der Waals surface area contributed by atoms with Crippen LogP contribution >= 0.6 is 0 Å². The largest absolute Gasteiger partial charge is 0.439 e. The van der Waals surface area contributed by atoms with Crippen LogP contribution in [-0.4, -0.2) is 12.1 Å². The van der Waals surface area contributed by atoms with Crippen molar-refractivity contribution in [3.63, 3.8) is 0 Å². The summed E-state index contributed by atoms with van der Waals surface area (Å²) in [4.78, 5) is 4.59. The van der Waals surface area contributed by atoms with Gasteiger partial charge in [-0.25, -0.2) is 4.98 Å². The minimum atomic E-state index is 0.472. The summed E-state index contributed by atoms with van der Waals surface area (Å²) in [6, 6.07) is 19.7. The lowest BCUT2D eigenvalue weighted by Crippen LogP contribution is -1.97. The number of nitrogens with zero attached hydrogens (tertiary/aromatic N) is 1. The Kier molecular flexibility index (Phi) is 3.61. The predicted molar refractivity (Wildman–Crippen MR) is 79.0 cm³/mol. The lowest BCUT2D eigenvalue weighted by Gasteiger charge is -2.11. The minimum Gasteiger partial charge on any atom is -0.439 e. The van der Waals surface area contributed by atoms with Crippen molar-refractivity contribution in [3.05, 3.63) is 66.2 Å². The highest BCUT2D eigenvalue weighted by Crippen LogP contribution is 2.27. The molecule has 0 unspecified atom stereocenters. The van der Waals surface area contributed by atoms with Gasteiger partial charge in [0.15, 0.2) is 0 Å². The van der Waals surface area contributed by atoms with Gasteiger partial charge >= 0.3 is 0 Å². The van der Waals surface area contributed by atoms with Crippen LogP contribution in [0.5, 0.6) is 11.6 Å². The maximum Gasteiger partial charge on any atom is 0.225 e. The summed E-state index contributed by atoms with van der Waals surface area (Å²) in [6.07, 6.45) is 0. The third kappa shape index (κ3) is 2.63. The first-order valence-electron chi connectivity index (χ1n) is 6.47. The van der Waals surface area contributed by atoms with Gasteiger partial charge in [0.1, 0.15) is 5.75 Å². The second-order valence-corrected chi connectivity index (χ2v) is 4.49. The third-order valence-corrected chi connectivity index (χ3v) is 3.02. The zero-order valence-electron chi connectivity index (χ0n) is 11.2. The smallest absolute Gasteiger partial charge is 0.225 e. The molecule has 0 aliphatic carbocycles. The summed E-state index contributed by atoms with van der Waals surface area (Å²) in [7, 11) is 1.67. The summed E-state index contributed by atoms with van der Waals surface area (Å²) in [5, 5.41) is 1.08.